The van der Waals surface area contributed by atoms with Crippen LogP contribution >= 0.6 is 22.9 Å². The summed E-state index contributed by atoms with van der Waals surface area (Å²) in [6.45, 7) is 4.48. The summed E-state index contributed by atoms with van der Waals surface area (Å²) in [7, 11) is 1.56. The molecule has 1 aromatic carbocycles. The molecule has 0 radical (unpaired) electrons. The monoisotopic (exact) mass is 348 g/mol. The second-order valence-corrected chi connectivity index (χ2v) is 6.11. The lowest BCUT2D eigenvalue weighted by Crippen LogP contribution is -1.99. The lowest BCUT2D eigenvalue weighted by Gasteiger charge is -2.12. The van der Waals surface area contributed by atoms with E-state index in [1.165, 1.54) is 11.3 Å². The van der Waals surface area contributed by atoms with Gasteiger partial charge in [-0.3, -0.25) is 0 Å². The molecule has 0 bridgehead atoms. The van der Waals surface area contributed by atoms with Crippen LogP contribution in [0.4, 0.5) is 0 Å². The Hall–Kier alpha value is -2.03. The third-order valence-electron chi connectivity index (χ3n) is 2.98. The number of aryl methyl sites for hydroxylation is 1. The predicted octanol–water partition coefficient (Wildman–Crippen LogP) is 4.97. The molecule has 0 atom stereocenters. The molecule has 1 aromatic heterocycles. The lowest BCUT2D eigenvalue weighted by atomic mass is 10.1. The first-order valence-corrected chi connectivity index (χ1v) is 8.39. The molecule has 0 aliphatic rings. The molecule has 0 spiro atoms. The average molecular weight is 349 g/mol. The molecule has 0 N–H and O–H groups in total. The van der Waals surface area contributed by atoms with Crippen LogP contribution in [0.3, 0.4) is 0 Å². The van der Waals surface area contributed by atoms with Gasteiger partial charge in [-0.2, -0.15) is 5.26 Å². The van der Waals surface area contributed by atoms with Gasteiger partial charge in [-0.25, -0.2) is 4.98 Å². The Morgan fingerprint density at radius 1 is 1.48 bits per heavy atom. The van der Waals surface area contributed by atoms with E-state index in [4.69, 9.17) is 21.1 Å². The number of thiazole rings is 1. The normalized spacial score (nSPS) is 11.2. The number of hydrogen-bond acceptors (Lipinski definition) is 5. The summed E-state index contributed by atoms with van der Waals surface area (Å²) in [5, 5.41) is 12.4. The fraction of sp³-hybridized carbons (Fsp3) is 0.294. The first kappa shape index (κ1) is 17.3. The van der Waals surface area contributed by atoms with Crippen molar-refractivity contribution in [2.24, 2.45) is 0 Å². The zero-order chi connectivity index (χ0) is 16.8. The quantitative estimate of drug-likeness (QED) is 0.692. The molecule has 0 amide bonds. The van der Waals surface area contributed by atoms with Gasteiger partial charge in [0.15, 0.2) is 11.5 Å². The highest BCUT2D eigenvalue weighted by molar-refractivity contribution is 7.11. The molecule has 120 valence electrons. The highest BCUT2D eigenvalue weighted by Crippen LogP contribution is 2.37. The van der Waals surface area contributed by atoms with Gasteiger partial charge >= 0.3 is 0 Å². The molecule has 0 unspecified atom stereocenters. The maximum Gasteiger partial charge on any atom is 0.179 e. The van der Waals surface area contributed by atoms with Gasteiger partial charge < -0.3 is 9.47 Å². The molecule has 0 aliphatic carbocycles. The lowest BCUT2D eigenvalue weighted by molar-refractivity contribution is 0.294. The van der Waals surface area contributed by atoms with Crippen LogP contribution in [-0.2, 0) is 0 Å². The van der Waals surface area contributed by atoms with E-state index in [9.17, 15) is 5.26 Å². The Kier molecular flexibility index (Phi) is 6.03. The van der Waals surface area contributed by atoms with Gasteiger partial charge in [0.2, 0.25) is 0 Å². The zero-order valence-corrected chi connectivity index (χ0v) is 14.8. The Labute approximate surface area is 145 Å². The second kappa shape index (κ2) is 8.00. The third kappa shape index (κ3) is 4.25. The van der Waals surface area contributed by atoms with E-state index in [0.29, 0.717) is 33.7 Å². The van der Waals surface area contributed by atoms with Crippen molar-refractivity contribution >= 4 is 34.6 Å². The van der Waals surface area contributed by atoms with Gasteiger partial charge in [-0.05, 0) is 37.1 Å². The number of nitriles is 1. The molecule has 0 saturated heterocycles. The smallest absolute Gasteiger partial charge is 0.179 e. The van der Waals surface area contributed by atoms with Crippen LogP contribution in [0.15, 0.2) is 17.5 Å². The summed E-state index contributed by atoms with van der Waals surface area (Å²) in [5.41, 5.74) is 2.15. The van der Waals surface area contributed by atoms with Gasteiger partial charge in [0.1, 0.15) is 11.1 Å². The van der Waals surface area contributed by atoms with E-state index in [-0.39, 0.29) is 0 Å². The summed E-state index contributed by atoms with van der Waals surface area (Å²) < 4.78 is 11.0. The van der Waals surface area contributed by atoms with E-state index < -0.39 is 0 Å². The van der Waals surface area contributed by atoms with Crippen LogP contribution in [0, 0.1) is 18.3 Å². The van der Waals surface area contributed by atoms with Crippen LogP contribution in [0.1, 0.15) is 29.6 Å². The summed E-state index contributed by atoms with van der Waals surface area (Å²) in [6.07, 6.45) is 2.62. The van der Waals surface area contributed by atoms with Gasteiger partial charge in [0.05, 0.1) is 24.3 Å². The Morgan fingerprint density at radius 2 is 2.26 bits per heavy atom. The molecule has 0 saturated carbocycles. The van der Waals surface area contributed by atoms with Gasteiger partial charge in [0.25, 0.3) is 0 Å². The number of hydrogen-bond donors (Lipinski definition) is 0. The minimum absolute atomic E-state index is 0.455. The maximum atomic E-state index is 9.38. The molecule has 1 heterocycles. The van der Waals surface area contributed by atoms with Crippen molar-refractivity contribution in [3.8, 4) is 17.6 Å². The molecule has 6 heteroatoms. The average Bonchev–Trinajstić information content (AvgIpc) is 2.97. The van der Waals surface area contributed by atoms with E-state index in [1.807, 2.05) is 19.2 Å². The molecular weight excluding hydrogens is 332 g/mol. The van der Waals surface area contributed by atoms with Crippen molar-refractivity contribution in [3.63, 3.8) is 0 Å². The Balaban J connectivity index is 2.41. The third-order valence-corrected chi connectivity index (χ3v) is 4.26. The Bertz CT molecular complexity index is 762. The number of rotatable bonds is 6. The van der Waals surface area contributed by atoms with Crippen molar-refractivity contribution in [2.75, 3.05) is 13.7 Å². The molecule has 0 fully saturated rings. The number of allylic oxidation sites excluding steroid dienone is 1. The fourth-order valence-electron chi connectivity index (χ4n) is 1.95. The SMILES string of the molecule is CCCOc1c(Cl)cc(/C=C(\C#N)c2nc(C)cs2)cc1OC. The number of methoxy groups -OCH3 is 1. The summed E-state index contributed by atoms with van der Waals surface area (Å²) in [4.78, 5) is 4.34. The molecule has 23 heavy (non-hydrogen) atoms. The molecule has 2 aromatic rings. The van der Waals surface area contributed by atoms with Crippen molar-refractivity contribution in [1.82, 2.24) is 4.98 Å². The van der Waals surface area contributed by atoms with Crippen LogP contribution in [0.25, 0.3) is 11.6 Å². The second-order valence-electron chi connectivity index (χ2n) is 4.85. The summed E-state index contributed by atoms with van der Waals surface area (Å²) >= 11 is 7.73. The Morgan fingerprint density at radius 3 is 2.83 bits per heavy atom. The highest BCUT2D eigenvalue weighted by atomic mass is 35.5. The van der Waals surface area contributed by atoms with Crippen LogP contribution in [-0.4, -0.2) is 18.7 Å². The highest BCUT2D eigenvalue weighted by Gasteiger charge is 2.13. The summed E-state index contributed by atoms with van der Waals surface area (Å²) in [5.74, 6) is 1.07. The predicted molar refractivity (Wildman–Crippen MR) is 94.1 cm³/mol. The van der Waals surface area contributed by atoms with Crippen molar-refractivity contribution < 1.29 is 9.47 Å². The first-order chi connectivity index (χ1) is 11.1. The minimum Gasteiger partial charge on any atom is -0.493 e. The molecular formula is C17H17ClN2O2S. The van der Waals surface area contributed by atoms with Crippen molar-refractivity contribution in [1.29, 1.82) is 5.26 Å². The summed E-state index contributed by atoms with van der Waals surface area (Å²) in [6, 6.07) is 5.74. The first-order valence-electron chi connectivity index (χ1n) is 7.13. The molecule has 2 rings (SSSR count). The van der Waals surface area contributed by atoms with E-state index >= 15 is 0 Å². The standard InChI is InChI=1S/C17H17ClN2O2S/c1-4-5-22-16-14(18)7-12(8-15(16)21-3)6-13(9-19)17-20-11(2)10-23-17/h6-8,10H,4-5H2,1-3H3/b13-6+. The maximum absolute atomic E-state index is 9.38. The molecule has 0 aliphatic heterocycles. The van der Waals surface area contributed by atoms with Gasteiger partial charge in [-0.15, -0.1) is 11.3 Å². The number of aromatic nitrogens is 1. The number of benzene rings is 1. The van der Waals surface area contributed by atoms with Gasteiger partial charge in [0, 0.05) is 11.1 Å². The minimum atomic E-state index is 0.455. The zero-order valence-electron chi connectivity index (χ0n) is 13.2. The van der Waals surface area contributed by atoms with Crippen molar-refractivity contribution in [3.05, 3.63) is 38.8 Å². The number of nitrogens with zero attached hydrogens (tertiary/aromatic N) is 2. The topological polar surface area (TPSA) is 55.1 Å². The van der Waals surface area contributed by atoms with Crippen molar-refractivity contribution in [2.45, 2.75) is 20.3 Å². The van der Waals surface area contributed by atoms with Crippen LogP contribution in [0.2, 0.25) is 5.02 Å². The molecule has 4 nitrogen and oxygen atoms in total. The van der Waals surface area contributed by atoms with Gasteiger partial charge in [-0.1, -0.05) is 18.5 Å². The van der Waals surface area contributed by atoms with Crippen LogP contribution in [0.5, 0.6) is 11.5 Å². The number of halogens is 1. The fourth-order valence-corrected chi connectivity index (χ4v) is 2.99. The largest absolute Gasteiger partial charge is 0.493 e. The van der Waals surface area contributed by atoms with E-state index in [0.717, 1.165) is 17.7 Å². The van der Waals surface area contributed by atoms with Crippen LogP contribution < -0.4 is 9.47 Å². The van der Waals surface area contributed by atoms with E-state index in [2.05, 4.69) is 11.1 Å². The number of ether oxygens (including phenoxy) is 2. The van der Waals surface area contributed by atoms with E-state index in [1.54, 1.807) is 25.3 Å².